The Morgan fingerprint density at radius 3 is 0.910 bits per heavy atom. The number of hydrogen-bond acceptors (Lipinski definition) is 18. The van der Waals surface area contributed by atoms with Gasteiger partial charge in [0.1, 0.15) is 60.4 Å². The van der Waals surface area contributed by atoms with Crippen molar-refractivity contribution < 1.29 is 52.7 Å². The van der Waals surface area contributed by atoms with Gasteiger partial charge in [-0.15, -0.1) is 0 Å². The number of amides is 11. The normalized spacial score (nSPS) is 14.6. The largest absolute Gasteiger partial charge is 0.370 e. The highest BCUT2D eigenvalue weighted by molar-refractivity contribution is 7.80. The number of thiol groups is 1. The molecule has 2 aromatic carbocycles. The second kappa shape index (κ2) is 49.5. The fourth-order valence-electron chi connectivity index (χ4n) is 10.9. The van der Waals surface area contributed by atoms with Crippen molar-refractivity contribution in [2.24, 2.45) is 57.9 Å². The number of nitrogens with one attached hydrogen (secondary N) is 12. The lowest BCUT2D eigenvalue weighted by atomic mass is 9.98. The molecule has 0 unspecified atom stereocenters. The molecular formula is C69H119N19O11S. The Bertz CT molecular complexity index is 2840. The van der Waals surface area contributed by atoms with Gasteiger partial charge in [-0.05, 0) is 171 Å². The summed E-state index contributed by atoms with van der Waals surface area (Å²) < 4.78 is 0. The SMILES string of the molecule is CC(C)C[C@H](NC(=O)[C@@H](CCCCN)NC(=O)[C@H](CCCCN)NC(=O)[C@H](N)Cc1ccccc1)C(=O)N[C@H](CC(C)C)C(=O)N[C@@H](CCCCN)C(=O)N[C@H](CCCCN)C(=O)N[C@@H](CC(C)C)C(=O)N[C@H](CCCNC(=N)N)C(=O)N[C@@H](CS)C(=O)N[C@H](Cc1ccccc1)C(N)=O. The molecule has 0 aliphatic carbocycles. The molecule has 31 heteroatoms. The summed E-state index contributed by atoms with van der Waals surface area (Å²) in [6.07, 6.45) is 4.64. The summed E-state index contributed by atoms with van der Waals surface area (Å²) in [6.45, 7) is 12.2. The van der Waals surface area contributed by atoms with Gasteiger partial charge in [-0.3, -0.25) is 58.1 Å². The predicted molar refractivity (Wildman–Crippen MR) is 390 cm³/mol. The highest BCUT2D eigenvalue weighted by atomic mass is 32.1. The number of hydrogen-bond donors (Lipinski definition) is 20. The van der Waals surface area contributed by atoms with Gasteiger partial charge in [0.2, 0.25) is 65.0 Å². The van der Waals surface area contributed by atoms with Crippen LogP contribution in [-0.2, 0) is 65.6 Å². The van der Waals surface area contributed by atoms with E-state index in [0.717, 1.165) is 5.56 Å². The molecule has 11 atom stereocenters. The fourth-order valence-corrected chi connectivity index (χ4v) is 11.2. The van der Waals surface area contributed by atoms with Crippen LogP contribution in [-0.4, -0.2) is 176 Å². The third-order valence-corrected chi connectivity index (χ3v) is 16.7. The number of benzene rings is 2. The number of carbonyl (C=O) groups excluding carboxylic acids is 11. The molecule has 0 radical (unpaired) electrons. The van der Waals surface area contributed by atoms with Gasteiger partial charge in [0.05, 0.1) is 6.04 Å². The topological polar surface area (TPSA) is 526 Å². The van der Waals surface area contributed by atoms with Crippen molar-refractivity contribution in [1.82, 2.24) is 58.5 Å². The molecule has 0 fully saturated rings. The van der Waals surface area contributed by atoms with Crippen molar-refractivity contribution in [2.75, 3.05) is 38.5 Å². The first-order valence-corrected chi connectivity index (χ1v) is 35.9. The summed E-state index contributed by atoms with van der Waals surface area (Å²) in [6, 6.07) is 4.59. The minimum atomic E-state index is -1.33. The molecule has 0 bridgehead atoms. The Morgan fingerprint density at radius 2 is 0.620 bits per heavy atom. The standard InChI is InChI=1S/C69H119N19O11S/c1-42(2)36-54(65(96)83-52(30-21-35-78-69(76)77)64(95)88-57(41-100)68(99)84-53(58(75)89)40-46-24-11-8-12-25-46)85-62(93)51(29-16-20-34-73)81-61(92)49(27-14-18-32-71)82-66(97)55(37-43(3)4)87-67(98)56(38-44(5)6)86-63(94)50(28-15-19-33-72)80-60(91)48(26-13-17-31-70)79-59(90)47(74)39-45-22-9-7-10-23-45/h7-12,22-25,42-44,47-57,100H,13-21,26-41,70-74H2,1-6H3,(H2,75,89)(H,79,90)(H,80,91)(H,81,92)(H,82,97)(H,83,96)(H,84,99)(H,85,93)(H,86,94)(H,87,98)(H,88,95)(H4,76,77,78)/t47-,48+,49+,50-,51-,52-,53-,54+,55-,56+,57+/m1/s1. The molecule has 100 heavy (non-hydrogen) atoms. The van der Waals surface area contributed by atoms with Gasteiger partial charge in [0.25, 0.3) is 0 Å². The molecule has 2 rings (SSSR count). The summed E-state index contributed by atoms with van der Waals surface area (Å²) in [5.74, 6) is -9.22. The second-order valence-corrected chi connectivity index (χ2v) is 27.1. The molecule has 26 N–H and O–H groups in total. The molecule has 0 aromatic heterocycles. The molecule has 0 aliphatic heterocycles. The van der Waals surface area contributed by atoms with Crippen LogP contribution < -0.4 is 98.6 Å². The van der Waals surface area contributed by atoms with Gasteiger partial charge in [-0.25, -0.2) is 0 Å². The number of nitrogens with two attached hydrogens (primary N) is 7. The number of guanidine groups is 1. The van der Waals surface area contributed by atoms with Crippen molar-refractivity contribution in [3.8, 4) is 0 Å². The first-order chi connectivity index (χ1) is 47.6. The van der Waals surface area contributed by atoms with Crippen molar-refractivity contribution in [3.63, 3.8) is 0 Å². The first-order valence-electron chi connectivity index (χ1n) is 35.2. The quantitative estimate of drug-likeness (QED) is 0.0163. The van der Waals surface area contributed by atoms with Gasteiger partial charge in [-0.1, -0.05) is 102 Å². The van der Waals surface area contributed by atoms with Crippen LogP contribution in [0.2, 0.25) is 0 Å². The third kappa shape index (κ3) is 35.9. The summed E-state index contributed by atoms with van der Waals surface area (Å²) in [7, 11) is 0. The summed E-state index contributed by atoms with van der Waals surface area (Å²) in [4.78, 5) is 155. The second-order valence-electron chi connectivity index (χ2n) is 26.7. The van der Waals surface area contributed by atoms with E-state index < -0.39 is 131 Å². The van der Waals surface area contributed by atoms with Crippen molar-refractivity contribution >= 4 is 83.6 Å². The lowest BCUT2D eigenvalue weighted by Crippen LogP contribution is -2.61. The number of unbranched alkanes of at least 4 members (excludes halogenated alkanes) is 4. The molecule has 2 aromatic rings. The van der Waals surface area contributed by atoms with Crippen LogP contribution in [0, 0.1) is 23.2 Å². The number of primary amides is 1. The molecule has 0 saturated carbocycles. The highest BCUT2D eigenvalue weighted by Crippen LogP contribution is 2.16. The lowest BCUT2D eigenvalue weighted by Gasteiger charge is -2.29. The lowest BCUT2D eigenvalue weighted by molar-refractivity contribution is -0.136. The monoisotopic (exact) mass is 1420 g/mol. The van der Waals surface area contributed by atoms with E-state index in [0.29, 0.717) is 70.0 Å². The number of rotatable bonds is 52. The first kappa shape index (κ1) is 88.1. The highest BCUT2D eigenvalue weighted by Gasteiger charge is 2.37. The van der Waals surface area contributed by atoms with E-state index in [1.165, 1.54) is 0 Å². The zero-order valence-electron chi connectivity index (χ0n) is 59.5. The fraction of sp³-hybridized carbons (Fsp3) is 0.652. The maximum atomic E-state index is 14.7. The van der Waals surface area contributed by atoms with Crippen molar-refractivity contribution in [2.45, 2.75) is 230 Å². The average Bonchev–Trinajstić information content (AvgIpc) is 0.863. The van der Waals surface area contributed by atoms with Crippen LogP contribution >= 0.6 is 12.6 Å². The van der Waals surface area contributed by atoms with Crippen molar-refractivity contribution in [3.05, 3.63) is 71.8 Å². The molecule has 0 heterocycles. The van der Waals surface area contributed by atoms with E-state index in [4.69, 9.17) is 45.5 Å². The maximum Gasteiger partial charge on any atom is 0.244 e. The van der Waals surface area contributed by atoms with Gasteiger partial charge in [0.15, 0.2) is 5.96 Å². The van der Waals surface area contributed by atoms with Crippen LogP contribution in [0.1, 0.15) is 162 Å². The van der Waals surface area contributed by atoms with Crippen molar-refractivity contribution in [1.29, 1.82) is 5.41 Å². The van der Waals surface area contributed by atoms with E-state index in [1.54, 1.807) is 30.3 Å². The van der Waals surface area contributed by atoms with Crippen LogP contribution in [0.5, 0.6) is 0 Å². The summed E-state index contributed by atoms with van der Waals surface area (Å²) in [5, 5.41) is 37.8. The molecule has 11 amide bonds. The molecule has 0 saturated heterocycles. The predicted octanol–water partition coefficient (Wildman–Crippen LogP) is -1.02. The van der Waals surface area contributed by atoms with Gasteiger partial charge >= 0.3 is 0 Å². The van der Waals surface area contributed by atoms with E-state index in [2.05, 4.69) is 71.1 Å². The smallest absolute Gasteiger partial charge is 0.244 e. The van der Waals surface area contributed by atoms with Gasteiger partial charge < -0.3 is 98.6 Å². The van der Waals surface area contributed by atoms with Crippen LogP contribution in [0.25, 0.3) is 0 Å². The van der Waals surface area contributed by atoms with E-state index >= 15 is 0 Å². The summed E-state index contributed by atoms with van der Waals surface area (Å²) >= 11 is 4.30. The molecule has 0 aliphatic rings. The van der Waals surface area contributed by atoms with E-state index in [9.17, 15) is 52.7 Å². The average molecular weight is 1420 g/mol. The van der Waals surface area contributed by atoms with Crippen LogP contribution in [0.3, 0.4) is 0 Å². The zero-order valence-corrected chi connectivity index (χ0v) is 60.4. The van der Waals surface area contributed by atoms with E-state index in [-0.39, 0.29) is 120 Å². The van der Waals surface area contributed by atoms with Gasteiger partial charge in [-0.2, -0.15) is 12.6 Å². The molecule has 562 valence electrons. The zero-order chi connectivity index (χ0) is 74.7. The van der Waals surface area contributed by atoms with Crippen LogP contribution in [0.15, 0.2) is 60.7 Å². The maximum absolute atomic E-state index is 14.7. The molecule has 30 nitrogen and oxygen atoms in total. The number of carbonyl (C=O) groups is 11. The minimum absolute atomic E-state index is 0.0416. The van der Waals surface area contributed by atoms with Gasteiger partial charge in [0, 0.05) is 18.7 Å². The Labute approximate surface area is 595 Å². The molecular weight excluding hydrogens is 1300 g/mol. The Hall–Kier alpha value is -7.97. The van der Waals surface area contributed by atoms with Crippen LogP contribution in [0.4, 0.5) is 0 Å². The summed E-state index contributed by atoms with van der Waals surface area (Å²) in [5.41, 5.74) is 42.4. The van der Waals surface area contributed by atoms with E-state index in [1.807, 2.05) is 71.9 Å². The Kier molecular flexibility index (Phi) is 43.7. The Balaban J connectivity index is 2.48. The molecule has 0 spiro atoms. The third-order valence-electron chi connectivity index (χ3n) is 16.4. The minimum Gasteiger partial charge on any atom is -0.370 e. The Morgan fingerprint density at radius 1 is 0.360 bits per heavy atom.